The zero-order chi connectivity index (χ0) is 15.2. The number of nitrogens with one attached hydrogen (secondary N) is 2. The number of rotatable bonds is 8. The molecule has 0 heterocycles. The van der Waals surface area contributed by atoms with E-state index in [2.05, 4.69) is 24.5 Å². The van der Waals surface area contributed by atoms with Gasteiger partial charge in [0.15, 0.2) is 0 Å². The van der Waals surface area contributed by atoms with E-state index in [-0.39, 0.29) is 11.4 Å². The van der Waals surface area contributed by atoms with Gasteiger partial charge in [-0.05, 0) is 45.2 Å². The van der Waals surface area contributed by atoms with E-state index in [1.165, 1.54) is 38.5 Å². The van der Waals surface area contributed by atoms with Crippen molar-refractivity contribution in [3.8, 4) is 0 Å². The van der Waals surface area contributed by atoms with Crippen LogP contribution in [0.1, 0.15) is 65.2 Å². The fourth-order valence-corrected chi connectivity index (χ4v) is 4.53. The van der Waals surface area contributed by atoms with Crippen molar-refractivity contribution in [3.05, 3.63) is 0 Å². The van der Waals surface area contributed by atoms with Crippen LogP contribution >= 0.6 is 23.2 Å². The molecule has 3 atom stereocenters. The fraction of sp³-hybridized carbons (Fsp3) is 1.00. The fourth-order valence-electron chi connectivity index (χ4n) is 3.69. The molecule has 1 aliphatic carbocycles. The maximum absolute atomic E-state index is 6.84. The summed E-state index contributed by atoms with van der Waals surface area (Å²) in [6.45, 7) is 4.53. The first-order chi connectivity index (χ1) is 9.47. The highest BCUT2D eigenvalue weighted by atomic mass is 35.5. The standard InChI is InChI=1S/C16H32Cl2N2/c1-5-7-9-15(10-8-6-2)11-13(19-3)14(17)16(18,12-15)20-4/h13-14,19-20H,5-12H2,1-4H3. The summed E-state index contributed by atoms with van der Waals surface area (Å²) in [4.78, 5) is -0.491. The van der Waals surface area contributed by atoms with Gasteiger partial charge in [0.25, 0.3) is 0 Å². The molecule has 2 nitrogen and oxygen atoms in total. The first kappa shape index (κ1) is 18.5. The molecule has 1 rings (SSSR count). The van der Waals surface area contributed by atoms with Gasteiger partial charge in [-0.25, -0.2) is 0 Å². The molecule has 0 radical (unpaired) electrons. The minimum Gasteiger partial charge on any atom is -0.315 e. The normalized spacial score (nSPS) is 33.3. The van der Waals surface area contributed by atoms with Gasteiger partial charge < -0.3 is 10.6 Å². The molecule has 0 spiro atoms. The molecule has 1 saturated carbocycles. The maximum atomic E-state index is 6.84. The molecule has 0 bridgehead atoms. The monoisotopic (exact) mass is 322 g/mol. The van der Waals surface area contributed by atoms with Gasteiger partial charge in [0.05, 0.1) is 5.38 Å². The van der Waals surface area contributed by atoms with Gasteiger partial charge in [0.1, 0.15) is 5.00 Å². The predicted octanol–water partition coefficient (Wildman–Crippen LogP) is 4.50. The molecule has 2 N–H and O–H groups in total. The molecule has 120 valence electrons. The van der Waals surface area contributed by atoms with E-state index < -0.39 is 5.00 Å². The first-order valence-electron chi connectivity index (χ1n) is 8.16. The Balaban J connectivity index is 2.95. The lowest BCUT2D eigenvalue weighted by Gasteiger charge is -2.51. The average molecular weight is 323 g/mol. The summed E-state index contributed by atoms with van der Waals surface area (Å²) in [7, 11) is 3.94. The molecule has 0 amide bonds. The van der Waals surface area contributed by atoms with E-state index in [1.807, 2.05) is 14.1 Å². The molecule has 0 aliphatic heterocycles. The van der Waals surface area contributed by atoms with Crippen LogP contribution < -0.4 is 10.6 Å². The third-order valence-electron chi connectivity index (χ3n) is 4.98. The Labute approximate surface area is 135 Å². The van der Waals surface area contributed by atoms with E-state index in [9.17, 15) is 0 Å². The Morgan fingerprint density at radius 2 is 1.65 bits per heavy atom. The van der Waals surface area contributed by atoms with Crippen molar-refractivity contribution >= 4 is 23.2 Å². The van der Waals surface area contributed by atoms with Gasteiger partial charge in [-0.2, -0.15) is 0 Å². The van der Waals surface area contributed by atoms with Gasteiger partial charge in [0.2, 0.25) is 0 Å². The lowest BCUT2D eigenvalue weighted by atomic mass is 9.64. The zero-order valence-corrected chi connectivity index (χ0v) is 15.1. The molecule has 0 aromatic heterocycles. The summed E-state index contributed by atoms with van der Waals surface area (Å²) < 4.78 is 0. The minimum absolute atomic E-state index is 0.0736. The second-order valence-corrected chi connectivity index (χ2v) is 7.64. The summed E-state index contributed by atoms with van der Waals surface area (Å²) in [6, 6.07) is 0.282. The Morgan fingerprint density at radius 3 is 2.05 bits per heavy atom. The molecule has 1 aliphatic rings. The average Bonchev–Trinajstić information content (AvgIpc) is 2.47. The van der Waals surface area contributed by atoms with Crippen molar-refractivity contribution in [2.45, 2.75) is 81.6 Å². The highest BCUT2D eigenvalue weighted by molar-refractivity contribution is 6.32. The van der Waals surface area contributed by atoms with Crippen LogP contribution in [0.25, 0.3) is 0 Å². The van der Waals surface area contributed by atoms with Crippen LogP contribution in [0.5, 0.6) is 0 Å². The number of hydrogen-bond acceptors (Lipinski definition) is 2. The first-order valence-corrected chi connectivity index (χ1v) is 8.97. The molecule has 0 aromatic carbocycles. The molecular formula is C16H32Cl2N2. The highest BCUT2D eigenvalue weighted by Crippen LogP contribution is 2.51. The van der Waals surface area contributed by atoms with Crippen LogP contribution in [-0.2, 0) is 0 Å². The van der Waals surface area contributed by atoms with Crippen LogP contribution in [0.2, 0.25) is 0 Å². The SMILES string of the molecule is CCCCC1(CCCC)CC(NC)C(Cl)C(Cl)(NC)C1. The number of hydrogen-bond donors (Lipinski definition) is 2. The van der Waals surface area contributed by atoms with Gasteiger partial charge in [-0.15, -0.1) is 23.2 Å². The van der Waals surface area contributed by atoms with Crippen LogP contribution in [0.3, 0.4) is 0 Å². The van der Waals surface area contributed by atoms with Crippen molar-refractivity contribution in [1.29, 1.82) is 0 Å². The van der Waals surface area contributed by atoms with Crippen molar-refractivity contribution in [2.24, 2.45) is 5.41 Å². The van der Waals surface area contributed by atoms with Gasteiger partial charge in [-0.3, -0.25) is 0 Å². The summed E-state index contributed by atoms with van der Waals surface area (Å²) in [5.41, 5.74) is 0.329. The van der Waals surface area contributed by atoms with Crippen LogP contribution in [-0.4, -0.2) is 30.5 Å². The minimum atomic E-state index is -0.491. The molecule has 0 aromatic rings. The lowest BCUT2D eigenvalue weighted by Crippen LogP contribution is -2.61. The largest absolute Gasteiger partial charge is 0.315 e. The van der Waals surface area contributed by atoms with Gasteiger partial charge >= 0.3 is 0 Å². The third-order valence-corrected chi connectivity index (χ3v) is 6.33. The lowest BCUT2D eigenvalue weighted by molar-refractivity contribution is 0.0892. The van der Waals surface area contributed by atoms with Crippen LogP contribution in [0.15, 0.2) is 0 Å². The molecule has 4 heteroatoms. The molecule has 0 saturated heterocycles. The van der Waals surface area contributed by atoms with E-state index in [0.717, 1.165) is 12.8 Å². The number of unbranched alkanes of at least 4 members (excludes halogenated alkanes) is 2. The topological polar surface area (TPSA) is 24.1 Å². The predicted molar refractivity (Wildman–Crippen MR) is 90.8 cm³/mol. The van der Waals surface area contributed by atoms with Crippen molar-refractivity contribution in [3.63, 3.8) is 0 Å². The molecule has 1 fully saturated rings. The van der Waals surface area contributed by atoms with Crippen molar-refractivity contribution in [1.82, 2.24) is 10.6 Å². The van der Waals surface area contributed by atoms with Gasteiger partial charge in [-0.1, -0.05) is 39.5 Å². The van der Waals surface area contributed by atoms with Crippen LogP contribution in [0.4, 0.5) is 0 Å². The summed E-state index contributed by atoms with van der Waals surface area (Å²) in [5.74, 6) is 0. The Hall–Kier alpha value is 0.500. The Morgan fingerprint density at radius 1 is 1.10 bits per heavy atom. The number of alkyl halides is 2. The van der Waals surface area contributed by atoms with E-state index in [4.69, 9.17) is 23.2 Å². The third kappa shape index (κ3) is 4.25. The second-order valence-electron chi connectivity index (χ2n) is 6.50. The van der Waals surface area contributed by atoms with Crippen molar-refractivity contribution in [2.75, 3.05) is 14.1 Å². The molecule has 3 unspecified atom stereocenters. The summed E-state index contributed by atoms with van der Waals surface area (Å²) >= 11 is 13.5. The molecular weight excluding hydrogens is 291 g/mol. The number of halogens is 2. The van der Waals surface area contributed by atoms with Crippen molar-refractivity contribution < 1.29 is 0 Å². The summed E-state index contributed by atoms with van der Waals surface area (Å²) in [6.07, 6.45) is 9.71. The van der Waals surface area contributed by atoms with Crippen LogP contribution in [0, 0.1) is 5.41 Å². The molecule has 20 heavy (non-hydrogen) atoms. The highest BCUT2D eigenvalue weighted by Gasteiger charge is 2.51. The zero-order valence-electron chi connectivity index (χ0n) is 13.6. The second kappa shape index (κ2) is 8.22. The maximum Gasteiger partial charge on any atom is 0.112 e. The van der Waals surface area contributed by atoms with E-state index in [1.54, 1.807) is 0 Å². The van der Waals surface area contributed by atoms with Gasteiger partial charge in [0, 0.05) is 6.04 Å². The Kier molecular flexibility index (Phi) is 7.62. The van der Waals surface area contributed by atoms with E-state index in [0.29, 0.717) is 5.41 Å². The quantitative estimate of drug-likeness (QED) is 0.508. The smallest absolute Gasteiger partial charge is 0.112 e. The van der Waals surface area contributed by atoms with E-state index >= 15 is 0 Å². The summed E-state index contributed by atoms with van der Waals surface area (Å²) in [5, 5.41) is 6.62. The Bertz CT molecular complexity index is 278.